The summed E-state index contributed by atoms with van der Waals surface area (Å²) in [6, 6.07) is 20.3. The summed E-state index contributed by atoms with van der Waals surface area (Å²) in [5, 5.41) is 2.94. The molecule has 190 valence electrons. The molecule has 3 aromatic carbocycles. The Kier molecular flexibility index (Phi) is 8.95. The Bertz CT molecular complexity index is 1280. The second-order valence-corrected chi connectivity index (χ2v) is 10.3. The van der Waals surface area contributed by atoms with E-state index in [0.717, 1.165) is 9.87 Å². The molecule has 0 saturated heterocycles. The van der Waals surface area contributed by atoms with Crippen molar-refractivity contribution in [3.05, 3.63) is 89.4 Å². The second-order valence-electron chi connectivity index (χ2n) is 7.96. The SMILES string of the molecule is CNC(=O)[C@@H](C)N(Cc1ccc(OC)cc1)C(=O)CN(c1ccccc1)S(=O)(=O)c1ccc(Cl)cc1. The molecule has 0 aromatic heterocycles. The summed E-state index contributed by atoms with van der Waals surface area (Å²) in [6.07, 6.45) is 0. The molecule has 3 aromatic rings. The number of carbonyl (C=O) groups is 2. The standard InChI is InChI=1S/C26H28ClN3O5S/c1-19(26(32)28-2)29(17-20-9-13-23(35-3)14-10-20)25(31)18-30(22-7-5-4-6-8-22)36(33,34)24-15-11-21(27)12-16-24/h4-16,19H,17-18H2,1-3H3,(H,28,32)/t19-/m1/s1. The lowest BCUT2D eigenvalue weighted by Gasteiger charge is -2.31. The molecule has 36 heavy (non-hydrogen) atoms. The number of hydrogen-bond donors (Lipinski definition) is 1. The van der Waals surface area contributed by atoms with Gasteiger partial charge in [0.25, 0.3) is 10.0 Å². The first-order valence-corrected chi connectivity index (χ1v) is 13.0. The first-order chi connectivity index (χ1) is 17.2. The molecule has 0 aliphatic heterocycles. The van der Waals surface area contributed by atoms with E-state index in [1.165, 1.54) is 36.2 Å². The normalized spacial score (nSPS) is 11.9. The number of anilines is 1. The van der Waals surface area contributed by atoms with Gasteiger partial charge in [-0.05, 0) is 61.0 Å². The highest BCUT2D eigenvalue weighted by molar-refractivity contribution is 7.92. The predicted molar refractivity (Wildman–Crippen MR) is 139 cm³/mol. The molecule has 0 saturated carbocycles. The Morgan fingerprint density at radius 3 is 2.14 bits per heavy atom. The molecule has 0 bridgehead atoms. The molecule has 3 rings (SSSR count). The number of ether oxygens (including phenoxy) is 1. The third-order valence-corrected chi connectivity index (χ3v) is 7.69. The highest BCUT2D eigenvalue weighted by atomic mass is 35.5. The zero-order chi connectivity index (χ0) is 26.3. The Morgan fingerprint density at radius 1 is 0.972 bits per heavy atom. The molecule has 0 heterocycles. The highest BCUT2D eigenvalue weighted by Gasteiger charge is 2.32. The Morgan fingerprint density at radius 2 is 1.58 bits per heavy atom. The summed E-state index contributed by atoms with van der Waals surface area (Å²) in [4.78, 5) is 27.5. The van der Waals surface area contributed by atoms with Gasteiger partial charge in [0.2, 0.25) is 11.8 Å². The van der Waals surface area contributed by atoms with Gasteiger partial charge in [0.15, 0.2) is 0 Å². The number of methoxy groups -OCH3 is 1. The highest BCUT2D eigenvalue weighted by Crippen LogP contribution is 2.25. The van der Waals surface area contributed by atoms with Gasteiger partial charge in [0, 0.05) is 18.6 Å². The lowest BCUT2D eigenvalue weighted by Crippen LogP contribution is -2.50. The Hall–Kier alpha value is -3.56. The monoisotopic (exact) mass is 529 g/mol. The topological polar surface area (TPSA) is 96.0 Å². The van der Waals surface area contributed by atoms with Gasteiger partial charge in [-0.3, -0.25) is 13.9 Å². The van der Waals surface area contributed by atoms with E-state index in [9.17, 15) is 18.0 Å². The zero-order valence-electron chi connectivity index (χ0n) is 20.2. The van der Waals surface area contributed by atoms with Crippen LogP contribution in [-0.2, 0) is 26.2 Å². The fourth-order valence-corrected chi connectivity index (χ4v) is 5.12. The fraction of sp³-hybridized carbons (Fsp3) is 0.231. The molecule has 1 N–H and O–H groups in total. The van der Waals surface area contributed by atoms with Crippen molar-refractivity contribution in [1.82, 2.24) is 10.2 Å². The summed E-state index contributed by atoms with van der Waals surface area (Å²) in [5.74, 6) is -0.257. The van der Waals surface area contributed by atoms with Crippen LogP contribution in [0.2, 0.25) is 5.02 Å². The number of rotatable bonds is 10. The molecule has 0 spiro atoms. The van der Waals surface area contributed by atoms with Crippen LogP contribution in [0.5, 0.6) is 5.75 Å². The van der Waals surface area contributed by atoms with Crippen molar-refractivity contribution in [2.45, 2.75) is 24.4 Å². The molecule has 10 heteroatoms. The first kappa shape index (κ1) is 27.0. The number of likely N-dealkylation sites (N-methyl/N-ethyl adjacent to an activating group) is 1. The summed E-state index contributed by atoms with van der Waals surface area (Å²) >= 11 is 5.94. The van der Waals surface area contributed by atoms with Crippen LogP contribution in [0, 0.1) is 0 Å². The fourth-order valence-electron chi connectivity index (χ4n) is 3.58. The molecule has 0 radical (unpaired) electrons. The van der Waals surface area contributed by atoms with Crippen LogP contribution < -0.4 is 14.4 Å². The van der Waals surface area contributed by atoms with Crippen molar-refractivity contribution >= 4 is 39.1 Å². The second kappa shape index (κ2) is 11.9. The van der Waals surface area contributed by atoms with Crippen molar-refractivity contribution in [2.24, 2.45) is 0 Å². The smallest absolute Gasteiger partial charge is 0.264 e. The number of nitrogens with one attached hydrogen (secondary N) is 1. The minimum absolute atomic E-state index is 0.00962. The molecule has 8 nitrogen and oxygen atoms in total. The maximum atomic E-state index is 13.6. The van der Waals surface area contributed by atoms with Crippen molar-refractivity contribution in [1.29, 1.82) is 0 Å². The zero-order valence-corrected chi connectivity index (χ0v) is 21.8. The van der Waals surface area contributed by atoms with E-state index >= 15 is 0 Å². The number of amides is 2. The minimum atomic E-state index is -4.12. The van der Waals surface area contributed by atoms with Gasteiger partial charge in [-0.1, -0.05) is 41.9 Å². The Labute approximate surface area is 216 Å². The van der Waals surface area contributed by atoms with Crippen molar-refractivity contribution < 1.29 is 22.7 Å². The average molecular weight is 530 g/mol. The predicted octanol–water partition coefficient (Wildman–Crippen LogP) is 3.71. The molecular weight excluding hydrogens is 502 g/mol. The molecule has 1 atom stereocenters. The summed E-state index contributed by atoms with van der Waals surface area (Å²) < 4.78 is 33.4. The van der Waals surface area contributed by atoms with E-state index in [-0.39, 0.29) is 17.3 Å². The number of sulfonamides is 1. The summed E-state index contributed by atoms with van der Waals surface area (Å²) in [5.41, 5.74) is 1.07. The van der Waals surface area contributed by atoms with Crippen LogP contribution in [-0.4, -0.2) is 51.9 Å². The number of hydrogen-bond acceptors (Lipinski definition) is 5. The van der Waals surface area contributed by atoms with Crippen LogP contribution in [0.15, 0.2) is 83.8 Å². The van der Waals surface area contributed by atoms with Crippen molar-refractivity contribution in [3.8, 4) is 5.75 Å². The van der Waals surface area contributed by atoms with Gasteiger partial charge in [-0.15, -0.1) is 0 Å². The molecular formula is C26H28ClN3O5S. The third-order valence-electron chi connectivity index (χ3n) is 5.65. The van der Waals surface area contributed by atoms with E-state index in [1.807, 2.05) is 0 Å². The van der Waals surface area contributed by atoms with E-state index in [4.69, 9.17) is 16.3 Å². The van der Waals surface area contributed by atoms with Crippen LogP contribution in [0.3, 0.4) is 0 Å². The number of benzene rings is 3. The lowest BCUT2D eigenvalue weighted by molar-refractivity contribution is -0.139. The van der Waals surface area contributed by atoms with Crippen molar-refractivity contribution in [2.75, 3.05) is 25.0 Å². The Balaban J connectivity index is 1.98. The van der Waals surface area contributed by atoms with Gasteiger partial charge >= 0.3 is 0 Å². The van der Waals surface area contributed by atoms with Crippen LogP contribution in [0.1, 0.15) is 12.5 Å². The maximum Gasteiger partial charge on any atom is 0.264 e. The number of carbonyl (C=O) groups excluding carboxylic acids is 2. The van der Waals surface area contributed by atoms with Crippen molar-refractivity contribution in [3.63, 3.8) is 0 Å². The van der Waals surface area contributed by atoms with Gasteiger partial charge in [-0.2, -0.15) is 0 Å². The number of nitrogens with zero attached hydrogens (tertiary/aromatic N) is 2. The van der Waals surface area contributed by atoms with E-state index < -0.39 is 28.5 Å². The molecule has 0 fully saturated rings. The van der Waals surface area contributed by atoms with Crippen LogP contribution in [0.25, 0.3) is 0 Å². The molecule has 0 aliphatic rings. The minimum Gasteiger partial charge on any atom is -0.497 e. The van der Waals surface area contributed by atoms with Crippen LogP contribution in [0.4, 0.5) is 5.69 Å². The average Bonchev–Trinajstić information content (AvgIpc) is 2.90. The molecule has 2 amide bonds. The summed E-state index contributed by atoms with van der Waals surface area (Å²) in [6.45, 7) is 1.19. The lowest BCUT2D eigenvalue weighted by atomic mass is 10.1. The molecule has 0 aliphatic carbocycles. The van der Waals surface area contributed by atoms with Gasteiger partial charge < -0.3 is 15.0 Å². The largest absolute Gasteiger partial charge is 0.497 e. The number of halogens is 1. The number of para-hydroxylation sites is 1. The van der Waals surface area contributed by atoms with E-state index in [0.29, 0.717) is 16.5 Å². The van der Waals surface area contributed by atoms with E-state index in [2.05, 4.69) is 5.32 Å². The van der Waals surface area contributed by atoms with Crippen LogP contribution >= 0.6 is 11.6 Å². The van der Waals surface area contributed by atoms with Gasteiger partial charge in [0.05, 0.1) is 17.7 Å². The first-order valence-electron chi connectivity index (χ1n) is 11.1. The third kappa shape index (κ3) is 6.35. The van der Waals surface area contributed by atoms with E-state index in [1.54, 1.807) is 68.6 Å². The summed E-state index contributed by atoms with van der Waals surface area (Å²) in [7, 11) is -1.09. The quantitative estimate of drug-likeness (QED) is 0.432. The maximum absolute atomic E-state index is 13.6. The van der Waals surface area contributed by atoms with Gasteiger partial charge in [-0.25, -0.2) is 8.42 Å². The molecule has 0 unspecified atom stereocenters. The van der Waals surface area contributed by atoms with Gasteiger partial charge in [0.1, 0.15) is 18.3 Å².